The van der Waals surface area contributed by atoms with Gasteiger partial charge in [-0.1, -0.05) is 0 Å². The maximum absolute atomic E-state index is 13.4. The van der Waals surface area contributed by atoms with Crippen LogP contribution in [0.5, 0.6) is 5.75 Å². The Hall–Kier alpha value is -3.04. The molecule has 0 spiro atoms. The van der Waals surface area contributed by atoms with Crippen LogP contribution in [0.25, 0.3) is 21.9 Å². The summed E-state index contributed by atoms with van der Waals surface area (Å²) in [7, 11) is -3.23. The van der Waals surface area contributed by atoms with Gasteiger partial charge in [-0.2, -0.15) is 0 Å². The number of rotatable bonds is 7. The lowest BCUT2D eigenvalue weighted by atomic mass is 9.82. The van der Waals surface area contributed by atoms with Gasteiger partial charge in [-0.15, -0.1) is 0 Å². The number of piperidine rings is 1. The molecule has 2 aliphatic rings. The van der Waals surface area contributed by atoms with Crippen molar-refractivity contribution in [1.82, 2.24) is 19.9 Å². The number of H-pyrrole nitrogens is 1. The predicted molar refractivity (Wildman–Crippen MR) is 146 cm³/mol. The van der Waals surface area contributed by atoms with Crippen LogP contribution in [-0.2, 0) is 9.84 Å². The van der Waals surface area contributed by atoms with Gasteiger partial charge in [-0.25, -0.2) is 22.8 Å². The van der Waals surface area contributed by atoms with Crippen molar-refractivity contribution in [3.05, 3.63) is 66.4 Å². The molecule has 1 atom stereocenters. The Bertz CT molecular complexity index is 1510. The van der Waals surface area contributed by atoms with Crippen LogP contribution >= 0.6 is 0 Å². The van der Waals surface area contributed by atoms with Crippen molar-refractivity contribution in [3.8, 4) is 5.75 Å². The number of ether oxygens (including phenoxy) is 1. The van der Waals surface area contributed by atoms with Gasteiger partial charge in [0.05, 0.1) is 23.6 Å². The van der Waals surface area contributed by atoms with Gasteiger partial charge in [0, 0.05) is 35.6 Å². The van der Waals surface area contributed by atoms with E-state index in [2.05, 4.69) is 25.9 Å². The summed E-state index contributed by atoms with van der Waals surface area (Å²) in [4.78, 5) is 14.2. The topological polar surface area (TPSA) is 88.2 Å². The van der Waals surface area contributed by atoms with Gasteiger partial charge < -0.3 is 9.72 Å². The Kier molecular flexibility index (Phi) is 7.05. The fourth-order valence-electron chi connectivity index (χ4n) is 6.27. The fraction of sp³-hybridized carbons (Fsp3) is 0.448. The van der Waals surface area contributed by atoms with Crippen molar-refractivity contribution in [2.75, 3.05) is 25.6 Å². The Morgan fingerprint density at radius 2 is 1.84 bits per heavy atom. The number of nitrogens with zero attached hydrogens (tertiary/aromatic N) is 3. The number of pyridine rings is 2. The summed E-state index contributed by atoms with van der Waals surface area (Å²) in [5, 5.41) is 1.91. The second kappa shape index (κ2) is 10.6. The van der Waals surface area contributed by atoms with Crippen molar-refractivity contribution in [2.24, 2.45) is 5.92 Å². The van der Waals surface area contributed by atoms with E-state index in [4.69, 9.17) is 4.74 Å². The highest BCUT2D eigenvalue weighted by Crippen LogP contribution is 2.40. The summed E-state index contributed by atoms with van der Waals surface area (Å²) in [6, 6.07) is 10.2. The van der Waals surface area contributed by atoms with Gasteiger partial charge in [0.2, 0.25) is 0 Å². The summed E-state index contributed by atoms with van der Waals surface area (Å²) in [6.07, 6.45) is 10.6. The summed E-state index contributed by atoms with van der Waals surface area (Å²) in [6.45, 7) is 2.02. The third kappa shape index (κ3) is 5.27. The van der Waals surface area contributed by atoms with Crippen LogP contribution < -0.4 is 4.74 Å². The van der Waals surface area contributed by atoms with Crippen LogP contribution in [0, 0.1) is 11.7 Å². The predicted octanol–water partition coefficient (Wildman–Crippen LogP) is 5.44. The minimum atomic E-state index is -3.23. The van der Waals surface area contributed by atoms with E-state index in [-0.39, 0.29) is 22.9 Å². The average Bonchev–Trinajstić information content (AvgIpc) is 3.42. The Balaban J connectivity index is 1.07. The lowest BCUT2D eigenvalue weighted by molar-refractivity contribution is 0.144. The minimum absolute atomic E-state index is 0.115. The number of sulfone groups is 1. The summed E-state index contributed by atoms with van der Waals surface area (Å²) in [5.41, 5.74) is 2.99. The highest BCUT2D eigenvalue weighted by molar-refractivity contribution is 7.91. The molecule has 2 fully saturated rings. The number of benzene rings is 1. The fourth-order valence-corrected chi connectivity index (χ4v) is 8.21. The molecule has 4 heterocycles. The number of hydrogen-bond donors (Lipinski definition) is 1. The van der Waals surface area contributed by atoms with Crippen molar-refractivity contribution in [2.45, 2.75) is 49.7 Å². The summed E-state index contributed by atoms with van der Waals surface area (Å²) < 4.78 is 45.9. The van der Waals surface area contributed by atoms with Gasteiger partial charge in [0.1, 0.15) is 17.4 Å². The zero-order valence-corrected chi connectivity index (χ0v) is 22.2. The van der Waals surface area contributed by atoms with E-state index in [0.717, 1.165) is 54.2 Å². The standard InChI is InChI=1S/C29H33FN4O3S/c30-22-5-7-23(8-6-22)37-18-20-2-1-15-34(17-20)19-38(35,36)24-9-3-21(4-10-24)25-11-13-31-27-16-33-29-26(28(25)27)12-14-32-29/h5-8,11-14,16,20-21,24,31H,1-4,9-10,15,17-19H2. The van der Waals surface area contributed by atoms with E-state index in [1.807, 2.05) is 18.5 Å². The Morgan fingerprint density at radius 3 is 2.66 bits per heavy atom. The number of aromatic amines is 1. The molecule has 0 amide bonds. The molecule has 9 heteroatoms. The van der Waals surface area contributed by atoms with E-state index in [0.29, 0.717) is 37.7 Å². The van der Waals surface area contributed by atoms with E-state index in [9.17, 15) is 12.8 Å². The number of nitrogens with one attached hydrogen (secondary N) is 1. The van der Waals surface area contributed by atoms with Crippen LogP contribution in [0.2, 0.25) is 0 Å². The average molecular weight is 537 g/mol. The molecule has 1 N–H and O–H groups in total. The number of hydrogen-bond acceptors (Lipinski definition) is 6. The molecule has 7 nitrogen and oxygen atoms in total. The molecule has 1 aliphatic heterocycles. The third-order valence-corrected chi connectivity index (χ3v) is 10.4. The van der Waals surface area contributed by atoms with Gasteiger partial charge in [0.15, 0.2) is 15.5 Å². The molecular formula is C29H33FN4O3S. The number of halogens is 1. The van der Waals surface area contributed by atoms with Gasteiger partial charge in [-0.3, -0.25) is 4.90 Å². The highest BCUT2D eigenvalue weighted by atomic mass is 32.2. The summed E-state index contributed by atoms with van der Waals surface area (Å²) >= 11 is 0. The molecular weight excluding hydrogens is 503 g/mol. The van der Waals surface area contributed by atoms with Crippen LogP contribution in [0.1, 0.15) is 50.0 Å². The first kappa shape index (κ1) is 25.2. The molecule has 1 aromatic carbocycles. The molecule has 6 rings (SSSR count). The number of fused-ring (bicyclic) bond motifs is 3. The second-order valence-electron chi connectivity index (χ2n) is 10.8. The molecule has 1 unspecified atom stereocenters. The van der Waals surface area contributed by atoms with Crippen LogP contribution in [0.3, 0.4) is 0 Å². The maximum atomic E-state index is 13.4. The van der Waals surface area contributed by atoms with Gasteiger partial charge >= 0.3 is 0 Å². The van der Waals surface area contributed by atoms with Crippen LogP contribution in [0.15, 0.2) is 55.0 Å². The lowest BCUT2D eigenvalue weighted by Gasteiger charge is -2.35. The largest absolute Gasteiger partial charge is 0.493 e. The van der Waals surface area contributed by atoms with E-state index in [1.54, 1.807) is 18.3 Å². The quantitative estimate of drug-likeness (QED) is 0.338. The minimum Gasteiger partial charge on any atom is -0.493 e. The van der Waals surface area contributed by atoms with Crippen LogP contribution in [0.4, 0.5) is 4.39 Å². The molecule has 4 aromatic rings. The van der Waals surface area contributed by atoms with Crippen molar-refractivity contribution in [3.63, 3.8) is 0 Å². The zero-order valence-electron chi connectivity index (χ0n) is 21.4. The SMILES string of the molecule is O=S(=O)(CN1CCCC(COc2ccc(F)cc2)C1)C1CCC(c2cc[nH]c3cnc4nccc4c23)CC1. The maximum Gasteiger partial charge on any atom is 0.166 e. The normalized spacial score (nSPS) is 23.1. The molecule has 1 aliphatic carbocycles. The summed E-state index contributed by atoms with van der Waals surface area (Å²) in [5.74, 6) is 1.06. The van der Waals surface area contributed by atoms with Gasteiger partial charge in [-0.05, 0) is 92.9 Å². The number of likely N-dealkylation sites (tertiary alicyclic amines) is 1. The molecule has 1 saturated heterocycles. The molecule has 38 heavy (non-hydrogen) atoms. The molecule has 3 aromatic heterocycles. The van der Waals surface area contributed by atoms with Crippen molar-refractivity contribution in [1.29, 1.82) is 0 Å². The molecule has 1 saturated carbocycles. The Labute approximate surface area is 222 Å². The van der Waals surface area contributed by atoms with E-state index >= 15 is 0 Å². The first-order chi connectivity index (χ1) is 18.5. The smallest absolute Gasteiger partial charge is 0.166 e. The first-order valence-electron chi connectivity index (χ1n) is 13.5. The highest BCUT2D eigenvalue weighted by Gasteiger charge is 2.34. The monoisotopic (exact) mass is 536 g/mol. The van der Waals surface area contributed by atoms with Gasteiger partial charge in [0.25, 0.3) is 0 Å². The van der Waals surface area contributed by atoms with E-state index < -0.39 is 9.84 Å². The first-order valence-corrected chi connectivity index (χ1v) is 15.2. The zero-order chi connectivity index (χ0) is 26.1. The Morgan fingerprint density at radius 1 is 1.03 bits per heavy atom. The van der Waals surface area contributed by atoms with E-state index in [1.165, 1.54) is 17.7 Å². The molecule has 200 valence electrons. The van der Waals surface area contributed by atoms with Crippen LogP contribution in [-0.4, -0.2) is 59.1 Å². The second-order valence-corrected chi connectivity index (χ2v) is 13.0. The van der Waals surface area contributed by atoms with Crippen molar-refractivity contribution < 1.29 is 17.5 Å². The molecule has 0 radical (unpaired) electrons. The molecule has 0 bridgehead atoms. The lowest BCUT2D eigenvalue weighted by Crippen LogP contribution is -2.43. The third-order valence-electron chi connectivity index (χ3n) is 8.21. The number of aromatic nitrogens is 3. The van der Waals surface area contributed by atoms with Crippen molar-refractivity contribution >= 4 is 31.8 Å².